The summed E-state index contributed by atoms with van der Waals surface area (Å²) in [5.41, 5.74) is 3.67. The summed E-state index contributed by atoms with van der Waals surface area (Å²) in [6, 6.07) is 12.0. The molecule has 1 fully saturated rings. The maximum atomic E-state index is 11.2. The number of aldehydes is 1. The summed E-state index contributed by atoms with van der Waals surface area (Å²) in [5, 5.41) is 0. The molecule has 3 heterocycles. The third-order valence-corrected chi connectivity index (χ3v) is 5.30. The summed E-state index contributed by atoms with van der Waals surface area (Å²) in [5.74, 6) is 1.17. The molecule has 6 heteroatoms. The Morgan fingerprint density at radius 3 is 2.83 bits per heavy atom. The number of aryl methyl sites for hydroxylation is 1. The van der Waals surface area contributed by atoms with E-state index in [4.69, 9.17) is 4.74 Å². The predicted molar refractivity (Wildman–Crippen MR) is 115 cm³/mol. The number of fused-ring (bicyclic) bond motifs is 1. The van der Waals surface area contributed by atoms with Gasteiger partial charge < -0.3 is 18.9 Å². The van der Waals surface area contributed by atoms with Crippen LogP contribution in [0.15, 0.2) is 54.9 Å². The molecular weight excluding hydrogens is 364 g/mol. The van der Waals surface area contributed by atoms with Crippen molar-refractivity contribution in [3.8, 4) is 5.75 Å². The number of likely N-dealkylation sites (N-methyl/N-ethyl adjacent to an activating group) is 1. The molecule has 0 spiro atoms. The summed E-state index contributed by atoms with van der Waals surface area (Å²) >= 11 is 0. The predicted octanol–water partition coefficient (Wildman–Crippen LogP) is 3.40. The van der Waals surface area contributed by atoms with Gasteiger partial charge >= 0.3 is 0 Å². The Bertz CT molecular complexity index is 1010. The highest BCUT2D eigenvalue weighted by molar-refractivity contribution is 5.79. The minimum absolute atomic E-state index is 0.441. The zero-order chi connectivity index (χ0) is 20.2. The molecular formula is C23H26N4O2. The Morgan fingerprint density at radius 2 is 2.03 bits per heavy atom. The average molecular weight is 390 g/mol. The Labute approximate surface area is 171 Å². The second kappa shape index (κ2) is 8.49. The van der Waals surface area contributed by atoms with E-state index in [1.54, 1.807) is 0 Å². The molecule has 0 amide bonds. The number of carbonyl (C=O) groups excluding carboxylic acids is 1. The largest absolute Gasteiger partial charge is 0.455 e. The number of hydrogen-bond acceptors (Lipinski definition) is 5. The smallest absolute Gasteiger partial charge is 0.157 e. The van der Waals surface area contributed by atoms with Crippen molar-refractivity contribution < 1.29 is 9.53 Å². The van der Waals surface area contributed by atoms with Crippen LogP contribution in [0.5, 0.6) is 5.75 Å². The quantitative estimate of drug-likeness (QED) is 0.380. The molecule has 0 aliphatic carbocycles. The van der Waals surface area contributed by atoms with Crippen LogP contribution in [-0.2, 0) is 4.79 Å². The van der Waals surface area contributed by atoms with Crippen LogP contribution in [0, 0.1) is 6.92 Å². The van der Waals surface area contributed by atoms with Crippen LogP contribution in [0.25, 0.3) is 11.4 Å². The summed E-state index contributed by atoms with van der Waals surface area (Å²) in [4.78, 5) is 20.6. The van der Waals surface area contributed by atoms with Gasteiger partial charge in [-0.2, -0.15) is 0 Å². The third kappa shape index (κ3) is 4.32. The Hall–Kier alpha value is -3.12. The first-order valence-electron chi connectivity index (χ1n) is 9.95. The molecule has 2 aromatic heterocycles. The number of carbonyl (C=O) groups is 1. The molecule has 1 aliphatic heterocycles. The zero-order valence-electron chi connectivity index (χ0n) is 16.9. The lowest BCUT2D eigenvalue weighted by atomic mass is 10.1. The van der Waals surface area contributed by atoms with E-state index in [1.165, 1.54) is 11.8 Å². The van der Waals surface area contributed by atoms with Gasteiger partial charge in [-0.3, -0.25) is 4.79 Å². The fourth-order valence-electron chi connectivity index (χ4n) is 3.65. The molecule has 1 aliphatic rings. The molecule has 1 saturated heterocycles. The van der Waals surface area contributed by atoms with Crippen LogP contribution >= 0.6 is 0 Å². The van der Waals surface area contributed by atoms with Crippen molar-refractivity contribution in [2.45, 2.75) is 13.3 Å². The topological polar surface area (TPSA) is 50.1 Å². The number of imidazole rings is 1. The molecule has 29 heavy (non-hydrogen) atoms. The van der Waals surface area contributed by atoms with Crippen LogP contribution in [0.2, 0.25) is 0 Å². The lowest BCUT2D eigenvalue weighted by molar-refractivity contribution is -0.104. The summed E-state index contributed by atoms with van der Waals surface area (Å²) < 4.78 is 8.02. The van der Waals surface area contributed by atoms with Crippen molar-refractivity contribution >= 4 is 23.4 Å². The maximum Gasteiger partial charge on any atom is 0.157 e. The number of hydrogen-bond donors (Lipinski definition) is 0. The van der Waals surface area contributed by atoms with Crippen molar-refractivity contribution in [2.75, 3.05) is 38.1 Å². The van der Waals surface area contributed by atoms with Gasteiger partial charge in [-0.15, -0.1) is 0 Å². The zero-order valence-corrected chi connectivity index (χ0v) is 16.9. The molecule has 0 unspecified atom stereocenters. The number of pyridine rings is 1. The van der Waals surface area contributed by atoms with Crippen molar-refractivity contribution in [2.24, 2.45) is 0 Å². The van der Waals surface area contributed by atoms with E-state index in [0.29, 0.717) is 11.5 Å². The van der Waals surface area contributed by atoms with Gasteiger partial charge in [0.25, 0.3) is 0 Å². The summed E-state index contributed by atoms with van der Waals surface area (Å²) in [7, 11) is 2.17. The SMILES string of the molecule is Cc1cc(N2CCCN(C)CC2)ccc1O/C(=C\C=O)c1cn2ccccc2n1. The van der Waals surface area contributed by atoms with Crippen LogP contribution in [0.3, 0.4) is 0 Å². The number of aromatic nitrogens is 2. The van der Waals surface area contributed by atoms with Gasteiger partial charge in [-0.1, -0.05) is 6.07 Å². The highest BCUT2D eigenvalue weighted by Crippen LogP contribution is 2.28. The third-order valence-electron chi connectivity index (χ3n) is 5.30. The average Bonchev–Trinajstić information content (AvgIpc) is 3.04. The van der Waals surface area contributed by atoms with Gasteiger partial charge in [-0.25, -0.2) is 4.98 Å². The monoisotopic (exact) mass is 390 g/mol. The molecule has 0 atom stereocenters. The van der Waals surface area contributed by atoms with Crippen molar-refractivity contribution in [3.63, 3.8) is 0 Å². The fraction of sp³-hybridized carbons (Fsp3) is 0.304. The molecule has 3 aromatic rings. The van der Waals surface area contributed by atoms with Crippen molar-refractivity contribution in [1.29, 1.82) is 0 Å². The number of benzene rings is 1. The lowest BCUT2D eigenvalue weighted by Crippen LogP contribution is -2.28. The summed E-state index contributed by atoms with van der Waals surface area (Å²) in [6.45, 7) is 6.31. The fourth-order valence-corrected chi connectivity index (χ4v) is 3.65. The second-order valence-electron chi connectivity index (χ2n) is 7.45. The van der Waals surface area contributed by atoms with E-state index in [-0.39, 0.29) is 0 Å². The second-order valence-corrected chi connectivity index (χ2v) is 7.45. The molecule has 1 aromatic carbocycles. The molecule has 0 bridgehead atoms. The van der Waals surface area contributed by atoms with Crippen molar-refractivity contribution in [3.05, 3.63) is 66.1 Å². The molecule has 0 N–H and O–H groups in total. The first kappa shape index (κ1) is 19.2. The van der Waals surface area contributed by atoms with E-state index < -0.39 is 0 Å². The first-order valence-corrected chi connectivity index (χ1v) is 9.95. The minimum atomic E-state index is 0.441. The van der Waals surface area contributed by atoms with Crippen molar-refractivity contribution in [1.82, 2.24) is 14.3 Å². The van der Waals surface area contributed by atoms with E-state index in [0.717, 1.165) is 55.8 Å². The van der Waals surface area contributed by atoms with E-state index >= 15 is 0 Å². The number of allylic oxidation sites excluding steroid dienone is 1. The van der Waals surface area contributed by atoms with E-state index in [2.05, 4.69) is 34.0 Å². The highest BCUT2D eigenvalue weighted by atomic mass is 16.5. The minimum Gasteiger partial charge on any atom is -0.455 e. The van der Waals surface area contributed by atoms with Gasteiger partial charge in [0.15, 0.2) is 5.76 Å². The summed E-state index contributed by atoms with van der Waals surface area (Å²) in [6.07, 6.45) is 7.09. The van der Waals surface area contributed by atoms with E-state index in [9.17, 15) is 4.79 Å². The lowest BCUT2D eigenvalue weighted by Gasteiger charge is -2.24. The Kier molecular flexibility index (Phi) is 5.62. The van der Waals surface area contributed by atoms with Gasteiger partial charge in [0.05, 0.1) is 0 Å². The number of ether oxygens (including phenoxy) is 1. The Morgan fingerprint density at radius 1 is 1.14 bits per heavy atom. The first-order chi connectivity index (χ1) is 14.1. The molecule has 0 saturated carbocycles. The van der Waals surface area contributed by atoms with Gasteiger partial charge in [0.1, 0.15) is 23.4 Å². The Balaban J connectivity index is 1.57. The molecule has 4 rings (SSSR count). The van der Waals surface area contributed by atoms with Gasteiger partial charge in [-0.05, 0) is 62.8 Å². The van der Waals surface area contributed by atoms with Crippen LogP contribution < -0.4 is 9.64 Å². The molecule has 6 nitrogen and oxygen atoms in total. The number of rotatable bonds is 5. The standard InChI is InChI=1S/C23H26N4O2/c1-18-16-19(26-12-5-10-25(2)13-14-26)7-8-21(18)29-22(9-15-28)20-17-27-11-4-3-6-23(27)24-20/h3-4,6-9,11,15-17H,5,10,12-14H2,1-2H3/b22-9-. The van der Waals surface area contributed by atoms with Gasteiger partial charge in [0, 0.05) is 43.8 Å². The van der Waals surface area contributed by atoms with Crippen LogP contribution in [-0.4, -0.2) is 53.8 Å². The maximum absolute atomic E-state index is 11.2. The molecule has 150 valence electrons. The molecule has 0 radical (unpaired) electrons. The van der Waals surface area contributed by atoms with Crippen LogP contribution in [0.4, 0.5) is 5.69 Å². The number of anilines is 1. The normalized spacial score (nSPS) is 16.1. The van der Waals surface area contributed by atoms with Crippen LogP contribution in [0.1, 0.15) is 17.7 Å². The van der Waals surface area contributed by atoms with E-state index in [1.807, 2.05) is 48.0 Å². The number of nitrogens with zero attached hydrogens (tertiary/aromatic N) is 4. The highest BCUT2D eigenvalue weighted by Gasteiger charge is 2.15. The van der Waals surface area contributed by atoms with Gasteiger partial charge in [0.2, 0.25) is 0 Å².